The first-order chi connectivity index (χ1) is 14.1. The molecule has 5 aromatic rings. The number of methoxy groups -OCH3 is 1. The van der Waals surface area contributed by atoms with E-state index >= 15 is 0 Å². The van der Waals surface area contributed by atoms with E-state index in [1.165, 1.54) is 13.2 Å². The van der Waals surface area contributed by atoms with Crippen molar-refractivity contribution in [2.45, 2.75) is 6.92 Å². The Bertz CT molecular complexity index is 1430. The number of aromatic amines is 1. The quantitative estimate of drug-likeness (QED) is 0.488. The van der Waals surface area contributed by atoms with Gasteiger partial charge in [0.05, 0.1) is 18.0 Å². The van der Waals surface area contributed by atoms with Gasteiger partial charge in [0.25, 0.3) is 0 Å². The summed E-state index contributed by atoms with van der Waals surface area (Å²) in [5.74, 6) is 1.78. The van der Waals surface area contributed by atoms with E-state index in [4.69, 9.17) is 14.1 Å². The summed E-state index contributed by atoms with van der Waals surface area (Å²) in [5, 5.41) is 1.49. The van der Waals surface area contributed by atoms with Crippen LogP contribution in [0.25, 0.3) is 44.5 Å². The molecule has 1 N–H and O–H groups in total. The van der Waals surface area contributed by atoms with E-state index in [0.29, 0.717) is 28.4 Å². The zero-order chi connectivity index (χ0) is 20.0. The van der Waals surface area contributed by atoms with Gasteiger partial charge in [0.1, 0.15) is 17.1 Å². The first-order valence-electron chi connectivity index (χ1n) is 9.16. The Balaban J connectivity index is 1.84. The highest BCUT2D eigenvalue weighted by atomic mass is 16.5. The number of hydrogen-bond acceptors (Lipinski definition) is 5. The third kappa shape index (κ3) is 2.95. The van der Waals surface area contributed by atoms with E-state index in [1.54, 1.807) is 6.20 Å². The molecule has 0 unspecified atom stereocenters. The smallest absolute Gasteiger partial charge is 0.196 e. The number of hydrogen-bond donors (Lipinski definition) is 1. The van der Waals surface area contributed by atoms with Crippen LogP contribution < -0.4 is 10.2 Å². The number of H-pyrrole nitrogens is 1. The van der Waals surface area contributed by atoms with E-state index in [-0.39, 0.29) is 5.43 Å². The van der Waals surface area contributed by atoms with Gasteiger partial charge in [0, 0.05) is 23.2 Å². The largest absolute Gasteiger partial charge is 0.482 e. The standard InChI is InChI=1S/C23H17N3O3/c1-13-5-8-20(29-13)22-16(14-6-7-18-15(10-14)4-3-9-24-18)11-17-19(27)12-21(28-2)25-23(17)26-22/h3-12H,1-2H3,(H,25,26,27). The average molecular weight is 383 g/mol. The lowest BCUT2D eigenvalue weighted by molar-refractivity contribution is 0.399. The Labute approximate surface area is 165 Å². The third-order valence-corrected chi connectivity index (χ3v) is 4.90. The number of nitrogens with zero attached hydrogens (tertiary/aromatic N) is 2. The molecule has 6 nitrogen and oxygen atoms in total. The van der Waals surface area contributed by atoms with Gasteiger partial charge in [-0.2, -0.15) is 0 Å². The molecule has 0 bridgehead atoms. The second-order valence-corrected chi connectivity index (χ2v) is 6.80. The van der Waals surface area contributed by atoms with Gasteiger partial charge < -0.3 is 14.1 Å². The highest BCUT2D eigenvalue weighted by Crippen LogP contribution is 2.34. The van der Waals surface area contributed by atoms with Gasteiger partial charge in [0.2, 0.25) is 0 Å². The second kappa shape index (κ2) is 6.60. The van der Waals surface area contributed by atoms with E-state index in [1.807, 2.05) is 55.5 Å². The third-order valence-electron chi connectivity index (χ3n) is 4.90. The van der Waals surface area contributed by atoms with Gasteiger partial charge in [-0.3, -0.25) is 9.78 Å². The highest BCUT2D eigenvalue weighted by Gasteiger charge is 2.17. The molecule has 29 heavy (non-hydrogen) atoms. The predicted octanol–water partition coefficient (Wildman–Crippen LogP) is 4.72. The number of furan rings is 1. The van der Waals surface area contributed by atoms with Crippen molar-refractivity contribution in [2.75, 3.05) is 7.11 Å². The minimum absolute atomic E-state index is 0.158. The Kier molecular flexibility index (Phi) is 3.91. The van der Waals surface area contributed by atoms with Crippen LogP contribution in [0.4, 0.5) is 0 Å². The number of pyridine rings is 3. The number of benzene rings is 1. The van der Waals surface area contributed by atoms with Gasteiger partial charge in [-0.1, -0.05) is 12.1 Å². The first-order valence-corrected chi connectivity index (χ1v) is 9.16. The monoisotopic (exact) mass is 383 g/mol. The van der Waals surface area contributed by atoms with Gasteiger partial charge in [-0.15, -0.1) is 0 Å². The molecule has 0 fully saturated rings. The molecule has 0 saturated heterocycles. The Hall–Kier alpha value is -3.93. The predicted molar refractivity (Wildman–Crippen MR) is 112 cm³/mol. The van der Waals surface area contributed by atoms with Crippen LogP contribution in [0.5, 0.6) is 5.88 Å². The van der Waals surface area contributed by atoms with Crippen LogP contribution in [-0.4, -0.2) is 22.1 Å². The minimum atomic E-state index is -0.158. The normalized spacial score (nSPS) is 11.2. The summed E-state index contributed by atoms with van der Waals surface area (Å²) < 4.78 is 11.0. The molecular weight excluding hydrogens is 366 g/mol. The van der Waals surface area contributed by atoms with E-state index < -0.39 is 0 Å². The molecule has 0 saturated carbocycles. The van der Waals surface area contributed by atoms with Crippen LogP contribution in [0.15, 0.2) is 70.0 Å². The molecule has 0 aliphatic rings. The summed E-state index contributed by atoms with van der Waals surface area (Å²) in [6.07, 6.45) is 1.77. The summed E-state index contributed by atoms with van der Waals surface area (Å²) in [6, 6.07) is 17.0. The fourth-order valence-electron chi connectivity index (χ4n) is 3.47. The summed E-state index contributed by atoms with van der Waals surface area (Å²) >= 11 is 0. The number of ether oxygens (including phenoxy) is 1. The van der Waals surface area contributed by atoms with E-state index in [9.17, 15) is 4.79 Å². The number of fused-ring (bicyclic) bond motifs is 2. The van der Waals surface area contributed by atoms with Gasteiger partial charge in [-0.05, 0) is 48.9 Å². The lowest BCUT2D eigenvalue weighted by atomic mass is 9.99. The van der Waals surface area contributed by atoms with Crippen LogP contribution >= 0.6 is 0 Å². The molecule has 0 spiro atoms. The lowest BCUT2D eigenvalue weighted by Gasteiger charge is -2.11. The van der Waals surface area contributed by atoms with Crippen LogP contribution in [0, 0.1) is 6.92 Å². The van der Waals surface area contributed by atoms with Crippen LogP contribution in [0.1, 0.15) is 5.76 Å². The summed E-state index contributed by atoms with van der Waals surface area (Å²) in [6.45, 7) is 1.89. The van der Waals surface area contributed by atoms with Crippen molar-refractivity contribution < 1.29 is 9.15 Å². The summed E-state index contributed by atoms with van der Waals surface area (Å²) in [7, 11) is 1.51. The Morgan fingerprint density at radius 3 is 2.76 bits per heavy atom. The minimum Gasteiger partial charge on any atom is -0.482 e. The fraction of sp³-hybridized carbons (Fsp3) is 0.0870. The maximum Gasteiger partial charge on any atom is 0.196 e. The van der Waals surface area contributed by atoms with Gasteiger partial charge >= 0.3 is 0 Å². The van der Waals surface area contributed by atoms with Crippen LogP contribution in [-0.2, 0) is 0 Å². The molecule has 0 atom stereocenters. The van der Waals surface area contributed by atoms with Crippen molar-refractivity contribution in [3.8, 4) is 28.5 Å². The van der Waals surface area contributed by atoms with Gasteiger partial charge in [-0.25, -0.2) is 4.98 Å². The molecule has 4 aromatic heterocycles. The van der Waals surface area contributed by atoms with Crippen molar-refractivity contribution in [3.05, 3.63) is 76.8 Å². The maximum absolute atomic E-state index is 12.6. The molecule has 0 amide bonds. The van der Waals surface area contributed by atoms with Crippen molar-refractivity contribution in [3.63, 3.8) is 0 Å². The van der Waals surface area contributed by atoms with E-state index in [0.717, 1.165) is 27.8 Å². The van der Waals surface area contributed by atoms with Crippen molar-refractivity contribution in [1.29, 1.82) is 0 Å². The SMILES string of the molecule is COc1cc(=O)c2cc(-c3ccc4ncccc4c3)c(-c3ccc(C)o3)nc2[nH]1. The van der Waals surface area contributed by atoms with Crippen molar-refractivity contribution in [2.24, 2.45) is 0 Å². The fourth-order valence-corrected chi connectivity index (χ4v) is 3.47. The molecule has 5 rings (SSSR count). The number of rotatable bonds is 3. The zero-order valence-corrected chi connectivity index (χ0v) is 15.9. The molecule has 0 radical (unpaired) electrons. The number of aromatic nitrogens is 3. The van der Waals surface area contributed by atoms with Crippen LogP contribution in [0.2, 0.25) is 0 Å². The number of nitrogens with one attached hydrogen (secondary N) is 1. The Morgan fingerprint density at radius 1 is 1.07 bits per heavy atom. The number of aryl methyl sites for hydroxylation is 1. The van der Waals surface area contributed by atoms with Crippen LogP contribution in [0.3, 0.4) is 0 Å². The maximum atomic E-state index is 12.6. The summed E-state index contributed by atoms with van der Waals surface area (Å²) in [5.41, 5.74) is 3.59. The van der Waals surface area contributed by atoms with E-state index in [2.05, 4.69) is 9.97 Å². The molecule has 0 aliphatic carbocycles. The zero-order valence-electron chi connectivity index (χ0n) is 15.9. The van der Waals surface area contributed by atoms with Crippen molar-refractivity contribution in [1.82, 2.24) is 15.0 Å². The first kappa shape index (κ1) is 17.2. The molecule has 4 heterocycles. The van der Waals surface area contributed by atoms with Gasteiger partial charge in [0.15, 0.2) is 17.1 Å². The lowest BCUT2D eigenvalue weighted by Crippen LogP contribution is -2.06. The summed E-state index contributed by atoms with van der Waals surface area (Å²) in [4.78, 5) is 24.8. The molecule has 6 heteroatoms. The molecule has 0 aliphatic heterocycles. The van der Waals surface area contributed by atoms with Crippen molar-refractivity contribution >= 4 is 21.9 Å². The average Bonchev–Trinajstić information content (AvgIpc) is 3.18. The topological polar surface area (TPSA) is 81.0 Å². The second-order valence-electron chi connectivity index (χ2n) is 6.80. The molecule has 1 aromatic carbocycles. The molecular formula is C23H17N3O3. The Morgan fingerprint density at radius 2 is 1.97 bits per heavy atom. The highest BCUT2D eigenvalue weighted by molar-refractivity contribution is 5.92. The molecule has 142 valence electrons.